The molecule has 0 unspecified atom stereocenters. The Morgan fingerprint density at radius 3 is 2.75 bits per heavy atom. The summed E-state index contributed by atoms with van der Waals surface area (Å²) in [4.78, 5) is 26.6. The minimum absolute atomic E-state index is 0.0364. The first-order valence-corrected chi connectivity index (χ1v) is 9.30. The summed E-state index contributed by atoms with van der Waals surface area (Å²) in [5, 5.41) is 14.0. The van der Waals surface area contributed by atoms with Gasteiger partial charge in [0.05, 0.1) is 22.9 Å². The van der Waals surface area contributed by atoms with Crippen molar-refractivity contribution in [3.63, 3.8) is 0 Å². The van der Waals surface area contributed by atoms with E-state index in [1.807, 2.05) is 5.38 Å². The number of carboxylic acid groups (broad SMARTS) is 1. The van der Waals surface area contributed by atoms with Crippen LogP contribution in [-0.4, -0.2) is 40.0 Å². The quantitative estimate of drug-likeness (QED) is 0.664. The maximum absolute atomic E-state index is 12.9. The third-order valence-corrected chi connectivity index (χ3v) is 4.85. The van der Waals surface area contributed by atoms with E-state index in [4.69, 9.17) is 5.11 Å². The van der Waals surface area contributed by atoms with Crippen LogP contribution in [0.1, 0.15) is 16.3 Å². The first kappa shape index (κ1) is 18.4. The highest BCUT2D eigenvalue weighted by atomic mass is 32.2. The summed E-state index contributed by atoms with van der Waals surface area (Å²) in [5.74, 6) is -0.664. The molecule has 1 aromatic carbocycles. The van der Waals surface area contributed by atoms with E-state index >= 15 is 0 Å². The molecule has 0 saturated carbocycles. The molecule has 1 heterocycles. The molecule has 0 aliphatic heterocycles. The van der Waals surface area contributed by atoms with Gasteiger partial charge in [-0.25, -0.2) is 9.37 Å². The molecule has 24 heavy (non-hydrogen) atoms. The standard InChI is InChI=1S/C16H17FN2O3S2/c17-12-3-1-11(2-4-12)7-15-19-13(9-24-15)8-14(20)18-5-6-23-10-16(21)22/h1-4,9H,5-8,10H2,(H,18,20)(H,21,22). The number of thioether (sulfide) groups is 1. The molecule has 1 amide bonds. The topological polar surface area (TPSA) is 79.3 Å². The van der Waals surface area contributed by atoms with Crippen LogP contribution in [0.5, 0.6) is 0 Å². The fraction of sp³-hybridized carbons (Fsp3) is 0.312. The number of carbonyl (C=O) groups excluding carboxylic acids is 1. The van der Waals surface area contributed by atoms with Crippen molar-refractivity contribution in [2.75, 3.05) is 18.1 Å². The summed E-state index contributed by atoms with van der Waals surface area (Å²) in [6, 6.07) is 6.27. The maximum Gasteiger partial charge on any atom is 0.313 e. The Bertz CT molecular complexity index is 689. The third-order valence-electron chi connectivity index (χ3n) is 3.00. The van der Waals surface area contributed by atoms with Crippen molar-refractivity contribution in [2.24, 2.45) is 0 Å². The monoisotopic (exact) mass is 368 g/mol. The number of hydrogen-bond acceptors (Lipinski definition) is 5. The summed E-state index contributed by atoms with van der Waals surface area (Å²) in [7, 11) is 0. The summed E-state index contributed by atoms with van der Waals surface area (Å²) in [6.07, 6.45) is 0.807. The lowest BCUT2D eigenvalue weighted by molar-refractivity contribution is -0.133. The van der Waals surface area contributed by atoms with Crippen molar-refractivity contribution in [1.82, 2.24) is 10.3 Å². The number of nitrogens with zero attached hydrogens (tertiary/aromatic N) is 1. The fourth-order valence-electron chi connectivity index (χ4n) is 1.94. The number of hydrogen-bond donors (Lipinski definition) is 2. The van der Waals surface area contributed by atoms with Crippen LogP contribution in [-0.2, 0) is 22.4 Å². The molecule has 8 heteroatoms. The molecule has 5 nitrogen and oxygen atoms in total. The minimum Gasteiger partial charge on any atom is -0.481 e. The van der Waals surface area contributed by atoms with Crippen molar-refractivity contribution < 1.29 is 19.1 Å². The lowest BCUT2D eigenvalue weighted by Gasteiger charge is -2.03. The molecule has 0 bridgehead atoms. The van der Waals surface area contributed by atoms with Crippen LogP contribution in [0.4, 0.5) is 4.39 Å². The average Bonchev–Trinajstić information content (AvgIpc) is 2.96. The van der Waals surface area contributed by atoms with Crippen molar-refractivity contribution in [2.45, 2.75) is 12.8 Å². The first-order valence-electron chi connectivity index (χ1n) is 7.27. The van der Waals surface area contributed by atoms with Crippen LogP contribution in [0.2, 0.25) is 0 Å². The van der Waals surface area contributed by atoms with E-state index in [1.54, 1.807) is 12.1 Å². The maximum atomic E-state index is 12.9. The number of rotatable bonds is 9. The minimum atomic E-state index is -0.859. The Morgan fingerprint density at radius 2 is 2.04 bits per heavy atom. The zero-order chi connectivity index (χ0) is 17.4. The number of carboxylic acids is 1. The number of carbonyl (C=O) groups is 2. The summed E-state index contributed by atoms with van der Waals surface area (Å²) >= 11 is 2.73. The van der Waals surface area contributed by atoms with Crippen molar-refractivity contribution in [3.8, 4) is 0 Å². The van der Waals surface area contributed by atoms with Crippen molar-refractivity contribution in [3.05, 3.63) is 51.7 Å². The molecular weight excluding hydrogens is 351 g/mol. The van der Waals surface area contributed by atoms with Crippen LogP contribution in [0.25, 0.3) is 0 Å². The fourth-order valence-corrected chi connectivity index (χ4v) is 3.33. The second kappa shape index (κ2) is 9.39. The van der Waals surface area contributed by atoms with E-state index in [9.17, 15) is 14.0 Å². The molecule has 0 atom stereocenters. The normalized spacial score (nSPS) is 10.5. The molecule has 2 rings (SSSR count). The number of benzene rings is 1. The predicted octanol–water partition coefficient (Wildman–Crippen LogP) is 2.35. The molecule has 0 radical (unpaired) electrons. The van der Waals surface area contributed by atoms with Gasteiger partial charge in [-0.2, -0.15) is 0 Å². The van der Waals surface area contributed by atoms with Crippen LogP contribution >= 0.6 is 23.1 Å². The Labute approximate surface area is 147 Å². The van der Waals surface area contributed by atoms with E-state index in [0.717, 1.165) is 10.6 Å². The Morgan fingerprint density at radius 1 is 1.29 bits per heavy atom. The summed E-state index contributed by atoms with van der Waals surface area (Å²) in [6.45, 7) is 0.434. The Hall–Kier alpha value is -1.93. The van der Waals surface area contributed by atoms with Gasteiger partial charge in [0.1, 0.15) is 5.82 Å². The number of amides is 1. The molecule has 128 valence electrons. The molecule has 0 spiro atoms. The van der Waals surface area contributed by atoms with Crippen LogP contribution < -0.4 is 5.32 Å². The largest absolute Gasteiger partial charge is 0.481 e. The van der Waals surface area contributed by atoms with E-state index < -0.39 is 5.97 Å². The van der Waals surface area contributed by atoms with Gasteiger partial charge >= 0.3 is 5.97 Å². The van der Waals surface area contributed by atoms with Crippen LogP contribution in [0, 0.1) is 5.82 Å². The second-order valence-corrected chi connectivity index (χ2v) is 7.06. The predicted molar refractivity (Wildman–Crippen MR) is 93.0 cm³/mol. The van der Waals surface area contributed by atoms with Gasteiger partial charge in [0.2, 0.25) is 5.91 Å². The van der Waals surface area contributed by atoms with Gasteiger partial charge in [-0.3, -0.25) is 9.59 Å². The number of nitrogens with one attached hydrogen (secondary N) is 1. The third kappa shape index (κ3) is 6.67. The average molecular weight is 368 g/mol. The van der Waals surface area contributed by atoms with Gasteiger partial charge in [0.25, 0.3) is 0 Å². The second-order valence-electron chi connectivity index (χ2n) is 5.01. The molecule has 1 aromatic heterocycles. The zero-order valence-corrected chi connectivity index (χ0v) is 14.5. The van der Waals surface area contributed by atoms with E-state index in [2.05, 4.69) is 10.3 Å². The number of halogens is 1. The lowest BCUT2D eigenvalue weighted by Crippen LogP contribution is -2.27. The van der Waals surface area contributed by atoms with Gasteiger partial charge in [0.15, 0.2) is 0 Å². The smallest absolute Gasteiger partial charge is 0.313 e. The Balaban J connectivity index is 1.73. The summed E-state index contributed by atoms with van der Waals surface area (Å²) in [5.41, 5.74) is 1.67. The number of thiazole rings is 1. The molecule has 2 N–H and O–H groups in total. The van der Waals surface area contributed by atoms with Crippen LogP contribution in [0.3, 0.4) is 0 Å². The van der Waals surface area contributed by atoms with Gasteiger partial charge in [0, 0.05) is 24.1 Å². The summed E-state index contributed by atoms with van der Waals surface area (Å²) < 4.78 is 12.9. The van der Waals surface area contributed by atoms with E-state index in [0.29, 0.717) is 24.4 Å². The van der Waals surface area contributed by atoms with Gasteiger partial charge in [-0.1, -0.05) is 12.1 Å². The first-order chi connectivity index (χ1) is 11.5. The number of aromatic nitrogens is 1. The highest BCUT2D eigenvalue weighted by Crippen LogP contribution is 2.15. The number of aliphatic carboxylic acids is 1. The van der Waals surface area contributed by atoms with Gasteiger partial charge in [-0.15, -0.1) is 23.1 Å². The van der Waals surface area contributed by atoms with Crippen LogP contribution in [0.15, 0.2) is 29.6 Å². The highest BCUT2D eigenvalue weighted by Gasteiger charge is 2.08. The van der Waals surface area contributed by atoms with Crippen molar-refractivity contribution >= 4 is 35.0 Å². The van der Waals surface area contributed by atoms with E-state index in [1.165, 1.54) is 35.2 Å². The van der Waals surface area contributed by atoms with Crippen molar-refractivity contribution in [1.29, 1.82) is 0 Å². The molecule has 2 aromatic rings. The molecule has 0 saturated heterocycles. The van der Waals surface area contributed by atoms with E-state index in [-0.39, 0.29) is 23.9 Å². The SMILES string of the molecule is O=C(O)CSCCNC(=O)Cc1csc(Cc2ccc(F)cc2)n1. The molecule has 0 fully saturated rings. The molecular formula is C16H17FN2O3S2. The lowest BCUT2D eigenvalue weighted by atomic mass is 10.1. The van der Waals surface area contributed by atoms with Gasteiger partial charge < -0.3 is 10.4 Å². The van der Waals surface area contributed by atoms with Gasteiger partial charge in [-0.05, 0) is 17.7 Å². The molecule has 0 aliphatic carbocycles. The highest BCUT2D eigenvalue weighted by molar-refractivity contribution is 7.99. The molecule has 0 aliphatic rings. The Kier molecular flexibility index (Phi) is 7.20. The zero-order valence-electron chi connectivity index (χ0n) is 12.8.